The van der Waals surface area contributed by atoms with Crippen molar-refractivity contribution in [3.05, 3.63) is 81.1 Å². The molecule has 0 saturated carbocycles. The highest BCUT2D eigenvalue weighted by atomic mass is 35.5. The van der Waals surface area contributed by atoms with Crippen molar-refractivity contribution in [2.45, 2.75) is 63.7 Å². The first-order valence-corrected chi connectivity index (χ1v) is 15.3. The number of aryl methyl sites for hydroxylation is 1. The third-order valence-electron chi connectivity index (χ3n) is 8.13. The van der Waals surface area contributed by atoms with Crippen LogP contribution in [-0.4, -0.2) is 50.9 Å². The Morgan fingerprint density at radius 2 is 2.07 bits per heavy atom. The SMILES string of the molecule is C[C@H](N)CCCc1cc(Cl)c(F)c(-c2cc3cn(-c4ccc([C@@H]5CC(CCNC(=N)N)CC(CO)O5)cc4)c(=O)nc3[nH]2)c1. The quantitative estimate of drug-likeness (QED) is 0.105. The summed E-state index contributed by atoms with van der Waals surface area (Å²) in [5.41, 5.74) is 14.4. The number of H-pyrrole nitrogens is 1. The topological polar surface area (TPSA) is 168 Å². The summed E-state index contributed by atoms with van der Waals surface area (Å²) in [7, 11) is 0. The van der Waals surface area contributed by atoms with Gasteiger partial charge in [0.2, 0.25) is 0 Å². The van der Waals surface area contributed by atoms with E-state index in [1.54, 1.807) is 24.4 Å². The van der Waals surface area contributed by atoms with Crippen molar-refractivity contribution in [2.24, 2.45) is 17.4 Å². The fourth-order valence-electron chi connectivity index (χ4n) is 5.88. The first kappa shape index (κ1) is 31.6. The molecular formula is C32H39ClFN7O3. The van der Waals surface area contributed by atoms with E-state index in [0.717, 1.165) is 49.7 Å². The van der Waals surface area contributed by atoms with Gasteiger partial charge in [-0.05, 0) is 92.8 Å². The standard InChI is InChI=1S/C32H39ClFN7O3/c1-18(35)3-2-4-19-12-25(29(34)26(33)13-19)27-15-22-16-41(32(43)40-30(22)39-27)23-7-5-21(6-8-23)28-14-20(9-10-38-31(36)37)11-24(17-42)44-28/h5-8,12-13,15-16,18,20,24,28,42H,2-4,9-11,14,17,35H2,1H3,(H4,36,37,38)(H,39,40,43)/t18-,20?,24?,28-/m0/s1. The zero-order valence-electron chi connectivity index (χ0n) is 24.7. The molecule has 5 rings (SSSR count). The van der Waals surface area contributed by atoms with Crippen LogP contribution in [0.3, 0.4) is 0 Å². The number of nitrogens with one attached hydrogen (secondary N) is 3. The number of nitrogens with zero attached hydrogens (tertiary/aromatic N) is 2. The fourth-order valence-corrected chi connectivity index (χ4v) is 6.12. The van der Waals surface area contributed by atoms with Gasteiger partial charge in [0.05, 0.1) is 35.2 Å². The van der Waals surface area contributed by atoms with Gasteiger partial charge in [0, 0.05) is 29.7 Å². The van der Waals surface area contributed by atoms with Gasteiger partial charge in [-0.15, -0.1) is 0 Å². The van der Waals surface area contributed by atoms with Crippen LogP contribution in [0.5, 0.6) is 0 Å². The maximum Gasteiger partial charge on any atom is 0.354 e. The van der Waals surface area contributed by atoms with Crippen LogP contribution in [0.1, 0.15) is 56.3 Å². The maximum absolute atomic E-state index is 15.1. The molecule has 1 aliphatic heterocycles. The molecule has 0 radical (unpaired) electrons. The predicted octanol–water partition coefficient (Wildman–Crippen LogP) is 4.54. The number of benzene rings is 2. The molecule has 12 heteroatoms. The Labute approximate surface area is 260 Å². The summed E-state index contributed by atoms with van der Waals surface area (Å²) in [6.07, 6.45) is 5.94. The summed E-state index contributed by atoms with van der Waals surface area (Å²) < 4.78 is 22.7. The molecule has 1 fully saturated rings. The van der Waals surface area contributed by atoms with Crippen molar-refractivity contribution in [1.82, 2.24) is 19.9 Å². The van der Waals surface area contributed by atoms with Gasteiger partial charge in [0.1, 0.15) is 5.65 Å². The average Bonchev–Trinajstić information content (AvgIpc) is 3.40. The maximum atomic E-state index is 15.1. The average molecular weight is 624 g/mol. The number of nitrogens with two attached hydrogens (primary N) is 2. The van der Waals surface area contributed by atoms with Gasteiger partial charge in [-0.25, -0.2) is 9.18 Å². The number of aromatic nitrogens is 3. The number of hydrogen-bond donors (Lipinski definition) is 6. The van der Waals surface area contributed by atoms with Crippen molar-refractivity contribution < 1.29 is 14.2 Å². The third kappa shape index (κ3) is 7.47. The Morgan fingerprint density at radius 3 is 2.77 bits per heavy atom. The second kappa shape index (κ2) is 13.9. The zero-order valence-corrected chi connectivity index (χ0v) is 25.4. The molecular weight excluding hydrogens is 585 g/mol. The van der Waals surface area contributed by atoms with Crippen LogP contribution in [0.15, 0.2) is 53.5 Å². The molecule has 2 unspecified atom stereocenters. The lowest BCUT2D eigenvalue weighted by molar-refractivity contribution is -0.0936. The van der Waals surface area contributed by atoms with Crippen molar-refractivity contribution >= 4 is 28.6 Å². The Kier molecular flexibility index (Phi) is 10.00. The molecule has 1 saturated heterocycles. The van der Waals surface area contributed by atoms with E-state index in [1.807, 2.05) is 31.2 Å². The minimum absolute atomic E-state index is 0.0379. The van der Waals surface area contributed by atoms with Crippen molar-refractivity contribution in [1.29, 1.82) is 5.41 Å². The van der Waals surface area contributed by atoms with E-state index in [9.17, 15) is 9.90 Å². The van der Waals surface area contributed by atoms with Crippen LogP contribution in [0.2, 0.25) is 5.02 Å². The van der Waals surface area contributed by atoms with E-state index in [0.29, 0.717) is 40.4 Å². The van der Waals surface area contributed by atoms with Gasteiger partial charge in [-0.3, -0.25) is 9.98 Å². The van der Waals surface area contributed by atoms with E-state index in [2.05, 4.69) is 15.3 Å². The summed E-state index contributed by atoms with van der Waals surface area (Å²) in [6, 6.07) is 12.8. The van der Waals surface area contributed by atoms with Crippen LogP contribution in [0.25, 0.3) is 28.0 Å². The minimum Gasteiger partial charge on any atom is -0.394 e. The Hall–Kier alpha value is -3.77. The number of fused-ring (bicyclic) bond motifs is 1. The molecule has 4 aromatic rings. The predicted molar refractivity (Wildman–Crippen MR) is 171 cm³/mol. The molecule has 2 aromatic carbocycles. The van der Waals surface area contributed by atoms with Crippen molar-refractivity contribution in [2.75, 3.05) is 13.2 Å². The molecule has 1 aliphatic rings. The van der Waals surface area contributed by atoms with Crippen LogP contribution < -0.4 is 22.5 Å². The number of halogens is 2. The molecule has 234 valence electrons. The number of aliphatic hydroxyl groups excluding tert-OH is 1. The van der Waals surface area contributed by atoms with Gasteiger partial charge >= 0.3 is 5.69 Å². The second-order valence-corrected chi connectivity index (χ2v) is 12.1. The number of aromatic amines is 1. The monoisotopic (exact) mass is 623 g/mol. The highest BCUT2D eigenvalue weighted by Crippen LogP contribution is 2.37. The van der Waals surface area contributed by atoms with E-state index in [-0.39, 0.29) is 35.8 Å². The van der Waals surface area contributed by atoms with E-state index < -0.39 is 11.5 Å². The van der Waals surface area contributed by atoms with Crippen LogP contribution in [0, 0.1) is 17.1 Å². The lowest BCUT2D eigenvalue weighted by atomic mass is 9.86. The van der Waals surface area contributed by atoms with Gasteiger partial charge in [-0.1, -0.05) is 23.7 Å². The normalized spacial score (nSPS) is 19.2. The Morgan fingerprint density at radius 1 is 1.30 bits per heavy atom. The highest BCUT2D eigenvalue weighted by Gasteiger charge is 2.30. The number of guanidine groups is 1. The molecule has 2 aromatic heterocycles. The summed E-state index contributed by atoms with van der Waals surface area (Å²) in [4.78, 5) is 20.3. The lowest BCUT2D eigenvalue weighted by Crippen LogP contribution is -2.35. The van der Waals surface area contributed by atoms with Crippen LogP contribution in [-0.2, 0) is 11.2 Å². The molecule has 10 nitrogen and oxygen atoms in total. The minimum atomic E-state index is -0.536. The van der Waals surface area contributed by atoms with Crippen molar-refractivity contribution in [3.8, 4) is 16.9 Å². The second-order valence-electron chi connectivity index (χ2n) is 11.7. The smallest absolute Gasteiger partial charge is 0.354 e. The van der Waals surface area contributed by atoms with Gasteiger partial charge in [-0.2, -0.15) is 4.98 Å². The first-order chi connectivity index (χ1) is 21.1. The van der Waals surface area contributed by atoms with Crippen molar-refractivity contribution in [3.63, 3.8) is 0 Å². The summed E-state index contributed by atoms with van der Waals surface area (Å²) in [6.45, 7) is 2.47. The number of aliphatic hydroxyl groups is 1. The summed E-state index contributed by atoms with van der Waals surface area (Å²) in [5, 5.41) is 20.7. The molecule has 0 amide bonds. The van der Waals surface area contributed by atoms with E-state index in [1.165, 1.54) is 4.57 Å². The molecule has 0 aliphatic carbocycles. The van der Waals surface area contributed by atoms with Gasteiger partial charge in [0.25, 0.3) is 0 Å². The number of ether oxygens (including phenoxy) is 1. The summed E-state index contributed by atoms with van der Waals surface area (Å²) >= 11 is 6.25. The van der Waals surface area contributed by atoms with Crippen LogP contribution in [0.4, 0.5) is 4.39 Å². The van der Waals surface area contributed by atoms with Gasteiger partial charge in [0.15, 0.2) is 11.8 Å². The van der Waals surface area contributed by atoms with E-state index >= 15 is 4.39 Å². The number of rotatable bonds is 11. The molecule has 4 atom stereocenters. The molecule has 0 spiro atoms. The molecule has 44 heavy (non-hydrogen) atoms. The Balaban J connectivity index is 1.36. The van der Waals surface area contributed by atoms with Crippen LogP contribution >= 0.6 is 11.6 Å². The number of hydrogen-bond acceptors (Lipinski definition) is 6. The molecule has 0 bridgehead atoms. The fraction of sp³-hybridized carbons (Fsp3) is 0.406. The lowest BCUT2D eigenvalue weighted by Gasteiger charge is -2.35. The first-order valence-electron chi connectivity index (χ1n) is 14.9. The van der Waals surface area contributed by atoms with E-state index in [4.69, 9.17) is 33.2 Å². The largest absolute Gasteiger partial charge is 0.394 e. The molecule has 3 heterocycles. The third-order valence-corrected chi connectivity index (χ3v) is 8.40. The van der Waals surface area contributed by atoms with Gasteiger partial charge < -0.3 is 31.6 Å². The molecule has 8 N–H and O–H groups in total. The highest BCUT2D eigenvalue weighted by molar-refractivity contribution is 6.31. The zero-order chi connectivity index (χ0) is 31.4. The summed E-state index contributed by atoms with van der Waals surface area (Å²) in [5.74, 6) is -0.300. The Bertz CT molecular complexity index is 1670.